The fourth-order valence-electron chi connectivity index (χ4n) is 2.14. The molecule has 7 nitrogen and oxygen atoms in total. The number of dihydropyridines is 1. The van der Waals surface area contributed by atoms with Crippen molar-refractivity contribution in [2.45, 2.75) is 18.3 Å². The van der Waals surface area contributed by atoms with Crippen LogP contribution in [-0.2, 0) is 4.74 Å². The monoisotopic (exact) mass is 670 g/mol. The number of pyridine rings is 1. The molecule has 4 heterocycles. The van der Waals surface area contributed by atoms with Gasteiger partial charge in [0.05, 0.1) is 10.4 Å². The second-order valence-corrected chi connectivity index (χ2v) is 7.93. The Morgan fingerprint density at radius 3 is 2.39 bits per heavy atom. The Morgan fingerprint density at radius 1 is 1.32 bits per heavy atom. The quantitative estimate of drug-likeness (QED) is 0.0924. The van der Waals surface area contributed by atoms with E-state index < -0.39 is 10.4 Å². The van der Waals surface area contributed by atoms with E-state index in [4.69, 9.17) is 27.9 Å². The molecule has 0 radical (unpaired) electrons. The standard InChI is InChI=1S/C7H4BrClN2.C5H4BrClN2O2.C4H8O.C2H3.BrH.Mg/c8-5-3-11-7(9)6-4(5)1-2-10-6;6-3-1-4(9(10)11)5(7)8-2-3;1-2-4-5-3-1;1-2;;/h1-3,10H;1-2,5,8H;1-4H2;1H,2H2;1H;/q;;;-1;;+2/p-1. The van der Waals surface area contributed by atoms with Gasteiger partial charge in [0, 0.05) is 52.2 Å². The average molecular weight is 674 g/mol. The van der Waals surface area contributed by atoms with E-state index in [1.165, 1.54) is 18.9 Å². The first-order valence-electron chi connectivity index (χ1n) is 8.27. The molecule has 4 rings (SSSR count). The van der Waals surface area contributed by atoms with Gasteiger partial charge in [-0.3, -0.25) is 16.7 Å². The van der Waals surface area contributed by atoms with Crippen molar-refractivity contribution in [2.75, 3.05) is 13.2 Å². The van der Waals surface area contributed by atoms with E-state index in [9.17, 15) is 10.1 Å². The second-order valence-electron chi connectivity index (χ2n) is 5.37. The van der Waals surface area contributed by atoms with Crippen LogP contribution < -0.4 is 22.3 Å². The molecule has 2 aromatic rings. The first-order chi connectivity index (χ1) is 13.9. The summed E-state index contributed by atoms with van der Waals surface area (Å²) in [7, 11) is 0. The fraction of sp³-hybridized carbons (Fsp3) is 0.278. The largest absolute Gasteiger partial charge is 2.00 e. The van der Waals surface area contributed by atoms with Crippen LogP contribution in [0.5, 0.6) is 0 Å². The van der Waals surface area contributed by atoms with Crippen LogP contribution in [-0.4, -0.2) is 56.7 Å². The molecule has 2 aromatic heterocycles. The molecule has 0 aliphatic carbocycles. The second kappa shape index (κ2) is 18.3. The van der Waals surface area contributed by atoms with E-state index in [0.29, 0.717) is 9.64 Å². The van der Waals surface area contributed by atoms with Crippen molar-refractivity contribution in [3.63, 3.8) is 0 Å². The van der Waals surface area contributed by atoms with E-state index in [2.05, 4.69) is 60.3 Å². The van der Waals surface area contributed by atoms with Gasteiger partial charge in [0.15, 0.2) is 10.7 Å². The van der Waals surface area contributed by atoms with Crippen molar-refractivity contribution in [1.29, 1.82) is 0 Å². The molecule has 0 aromatic carbocycles. The molecule has 0 bridgehead atoms. The van der Waals surface area contributed by atoms with Gasteiger partial charge in [0.1, 0.15) is 0 Å². The summed E-state index contributed by atoms with van der Waals surface area (Å²) in [5.74, 6) is 0. The van der Waals surface area contributed by atoms with Crippen LogP contribution in [0.2, 0.25) is 5.15 Å². The number of rotatable bonds is 1. The Balaban J connectivity index is 0. The molecule has 0 amide bonds. The number of aromatic nitrogens is 2. The predicted molar refractivity (Wildman–Crippen MR) is 129 cm³/mol. The Morgan fingerprint density at radius 2 is 1.94 bits per heavy atom. The maximum Gasteiger partial charge on any atom is 2.00 e. The normalized spacial score (nSPS) is 16.1. The summed E-state index contributed by atoms with van der Waals surface area (Å²) in [4.78, 5) is 16.7. The third-order valence-corrected chi connectivity index (χ3v) is 5.18. The van der Waals surface area contributed by atoms with Gasteiger partial charge in [-0.25, -0.2) is 4.98 Å². The number of alkyl halides is 1. The number of ether oxygens (including phenoxy) is 1. The number of nitrogens with zero attached hydrogens (tertiary/aromatic N) is 2. The van der Waals surface area contributed by atoms with Gasteiger partial charge in [-0.05, 0) is 50.8 Å². The zero-order valence-corrected chi connectivity index (χ0v) is 24.0. The number of fused-ring (bicyclic) bond motifs is 1. The summed E-state index contributed by atoms with van der Waals surface area (Å²) in [6.45, 7) is 9.00. The average Bonchev–Trinajstić information content (AvgIpc) is 3.44. The van der Waals surface area contributed by atoms with Crippen LogP contribution in [0.1, 0.15) is 12.8 Å². The molecule has 0 saturated carbocycles. The Labute approximate surface area is 234 Å². The summed E-state index contributed by atoms with van der Waals surface area (Å²) < 4.78 is 6.51. The minimum absolute atomic E-state index is 0. The number of halogens is 5. The smallest absolute Gasteiger partial charge is 1.00 e. The maximum absolute atomic E-state index is 10.3. The van der Waals surface area contributed by atoms with Crippen LogP contribution in [0.4, 0.5) is 0 Å². The van der Waals surface area contributed by atoms with Crippen molar-refractivity contribution >= 4 is 89.0 Å². The molecule has 1 unspecified atom stereocenters. The molecular weight excluding hydrogens is 655 g/mol. The number of hydrogen-bond donors (Lipinski definition) is 2. The maximum atomic E-state index is 10.3. The molecule has 2 aliphatic rings. The van der Waals surface area contributed by atoms with E-state index >= 15 is 0 Å². The first kappa shape index (κ1) is 33.0. The van der Waals surface area contributed by atoms with Gasteiger partial charge in [-0.2, -0.15) is 0 Å². The van der Waals surface area contributed by atoms with Crippen molar-refractivity contribution in [3.8, 4) is 0 Å². The van der Waals surface area contributed by atoms with Crippen LogP contribution >= 0.6 is 55.1 Å². The number of nitrogens with one attached hydrogen (secondary N) is 2. The Kier molecular flexibility index (Phi) is 19.5. The van der Waals surface area contributed by atoms with Gasteiger partial charge in [-0.15, -0.1) is 0 Å². The zero-order chi connectivity index (χ0) is 21.8. The summed E-state index contributed by atoms with van der Waals surface area (Å²) >= 11 is 17.8. The number of H-pyrrole nitrogens is 1. The third-order valence-electron chi connectivity index (χ3n) is 3.45. The van der Waals surface area contributed by atoms with Gasteiger partial charge >= 0.3 is 23.1 Å². The molecule has 1 atom stereocenters. The minimum Gasteiger partial charge on any atom is -1.00 e. The van der Waals surface area contributed by atoms with Gasteiger partial charge in [0.25, 0.3) is 5.70 Å². The van der Waals surface area contributed by atoms with Crippen LogP contribution in [0.15, 0.2) is 52.0 Å². The van der Waals surface area contributed by atoms with Crippen LogP contribution in [0, 0.1) is 16.7 Å². The van der Waals surface area contributed by atoms with E-state index in [1.54, 1.807) is 12.4 Å². The number of hydrogen-bond acceptors (Lipinski definition) is 5. The fourth-order valence-corrected chi connectivity index (χ4v) is 3.35. The number of aromatic amines is 1. The number of allylic oxidation sites excluding steroid dienone is 2. The molecule has 2 N–H and O–H groups in total. The molecule has 1 fully saturated rings. The van der Waals surface area contributed by atoms with Crippen LogP contribution in [0.3, 0.4) is 0 Å². The van der Waals surface area contributed by atoms with Crippen LogP contribution in [0.25, 0.3) is 10.9 Å². The Hall–Kier alpha value is -0.144. The molecule has 166 valence electrons. The molecule has 2 aliphatic heterocycles. The van der Waals surface area contributed by atoms with E-state index in [-0.39, 0.29) is 45.7 Å². The summed E-state index contributed by atoms with van der Waals surface area (Å²) in [6, 6.07) is 1.95. The molecule has 13 heteroatoms. The topological polar surface area (TPSA) is 93.1 Å². The predicted octanol–water partition coefficient (Wildman–Crippen LogP) is 2.56. The summed E-state index contributed by atoms with van der Waals surface area (Å²) in [5, 5.41) is 14.5. The molecular formula is C18H19Br3Cl2MgN4O3. The zero-order valence-electron chi connectivity index (χ0n) is 16.3. The van der Waals surface area contributed by atoms with E-state index in [0.717, 1.165) is 28.6 Å². The van der Waals surface area contributed by atoms with Crippen molar-refractivity contribution in [1.82, 2.24) is 15.3 Å². The number of nitro groups is 1. The Bertz CT molecular complexity index is 836. The summed E-state index contributed by atoms with van der Waals surface area (Å²) in [6.07, 6.45) is 9.01. The van der Waals surface area contributed by atoms with Crippen molar-refractivity contribution in [2.24, 2.45) is 0 Å². The molecule has 31 heavy (non-hydrogen) atoms. The van der Waals surface area contributed by atoms with E-state index in [1.807, 2.05) is 12.3 Å². The van der Waals surface area contributed by atoms with Crippen molar-refractivity contribution in [3.05, 3.63) is 73.8 Å². The van der Waals surface area contributed by atoms with Gasteiger partial charge in [-0.1, -0.05) is 23.2 Å². The van der Waals surface area contributed by atoms with Gasteiger partial charge < -0.3 is 38.6 Å². The SMILES string of the molecule is C1CCOC1.Clc1ncc(Br)c2cc[nH]c12.O=[N+]([O-])C1=CC(Br)=CNC1Cl.[Br-].[CH-]=C.[Mg+2]. The molecule has 1 saturated heterocycles. The molecule has 0 spiro atoms. The summed E-state index contributed by atoms with van der Waals surface area (Å²) in [5.41, 5.74) is 0.0772. The first-order valence-corrected chi connectivity index (χ1v) is 10.7. The van der Waals surface area contributed by atoms with Crippen molar-refractivity contribution < 1.29 is 26.6 Å². The third kappa shape index (κ3) is 11.5. The van der Waals surface area contributed by atoms with Gasteiger partial charge in [0.2, 0.25) is 0 Å². The minimum atomic E-state index is -0.744.